The van der Waals surface area contributed by atoms with E-state index in [1.807, 2.05) is 32.0 Å². The van der Waals surface area contributed by atoms with Crippen LogP contribution in [0.2, 0.25) is 0 Å². The molecule has 0 N–H and O–H groups in total. The Balaban J connectivity index is 1.80. The number of hydrogen-bond acceptors (Lipinski definition) is 3. The summed E-state index contributed by atoms with van der Waals surface area (Å²) in [6.45, 7) is 9.55. The number of ether oxygens (including phenoxy) is 3. The van der Waals surface area contributed by atoms with Crippen LogP contribution in [0.3, 0.4) is 0 Å². The molecular weight excluding hydrogens is 240 g/mol. The van der Waals surface area contributed by atoms with Crippen LogP contribution >= 0.6 is 0 Å². The van der Waals surface area contributed by atoms with Crippen molar-refractivity contribution < 1.29 is 14.2 Å². The Morgan fingerprint density at radius 2 is 1.95 bits per heavy atom. The molecule has 1 aliphatic rings. The van der Waals surface area contributed by atoms with Gasteiger partial charge in [-0.15, -0.1) is 0 Å². The van der Waals surface area contributed by atoms with Crippen molar-refractivity contribution in [2.45, 2.75) is 38.8 Å². The molecule has 0 spiro atoms. The maximum Gasteiger partial charge on any atom is 0.161 e. The normalized spacial score (nSPS) is 27.2. The molecule has 3 heteroatoms. The monoisotopic (exact) mass is 262 g/mol. The summed E-state index contributed by atoms with van der Waals surface area (Å²) in [6, 6.07) is 10.1. The lowest BCUT2D eigenvalue weighted by molar-refractivity contribution is -0.262. The molecule has 1 aromatic rings. The smallest absolute Gasteiger partial charge is 0.161 e. The van der Waals surface area contributed by atoms with Crippen molar-refractivity contribution in [3.8, 4) is 0 Å². The number of hydrogen-bond donors (Lipinski definition) is 0. The molecule has 19 heavy (non-hydrogen) atoms. The zero-order valence-electron chi connectivity index (χ0n) is 11.7. The molecule has 0 aliphatic carbocycles. The molecule has 1 heterocycles. The van der Waals surface area contributed by atoms with Gasteiger partial charge in [0.05, 0.1) is 19.8 Å². The molecule has 0 bridgehead atoms. The van der Waals surface area contributed by atoms with Crippen LogP contribution in [0.5, 0.6) is 0 Å². The molecule has 3 nitrogen and oxygen atoms in total. The Hall–Kier alpha value is -1.16. The first-order valence-corrected chi connectivity index (χ1v) is 6.63. The summed E-state index contributed by atoms with van der Waals surface area (Å²) in [5.41, 5.74) is 1.85. The molecule has 0 aromatic heterocycles. The summed E-state index contributed by atoms with van der Waals surface area (Å²) in [4.78, 5) is 0. The number of benzene rings is 1. The maximum absolute atomic E-state index is 5.94. The largest absolute Gasteiger partial charge is 0.366 e. The van der Waals surface area contributed by atoms with Crippen LogP contribution in [-0.2, 0) is 20.8 Å². The number of rotatable bonds is 5. The Morgan fingerprint density at radius 3 is 2.53 bits per heavy atom. The average Bonchev–Trinajstić information content (AvgIpc) is 2.40. The highest BCUT2D eigenvalue weighted by atomic mass is 16.7. The topological polar surface area (TPSA) is 27.7 Å². The van der Waals surface area contributed by atoms with Gasteiger partial charge in [0.15, 0.2) is 6.29 Å². The zero-order valence-corrected chi connectivity index (χ0v) is 11.7. The van der Waals surface area contributed by atoms with Gasteiger partial charge in [0.2, 0.25) is 0 Å². The van der Waals surface area contributed by atoms with Crippen LogP contribution in [0.1, 0.15) is 25.8 Å². The third-order valence-corrected chi connectivity index (χ3v) is 3.09. The maximum atomic E-state index is 5.94. The highest BCUT2D eigenvalue weighted by molar-refractivity contribution is 5.13. The molecule has 1 aromatic carbocycles. The molecule has 104 valence electrons. The van der Waals surface area contributed by atoms with Gasteiger partial charge in [-0.3, -0.25) is 0 Å². The Labute approximate surface area is 115 Å². The summed E-state index contributed by atoms with van der Waals surface area (Å²) in [6.07, 6.45) is 0.570. The van der Waals surface area contributed by atoms with Gasteiger partial charge in [0.25, 0.3) is 0 Å². The van der Waals surface area contributed by atoms with Crippen molar-refractivity contribution in [1.29, 1.82) is 0 Å². The van der Waals surface area contributed by atoms with Gasteiger partial charge in [-0.05, 0) is 19.4 Å². The highest BCUT2D eigenvalue weighted by Gasteiger charge is 2.33. The quantitative estimate of drug-likeness (QED) is 0.762. The molecule has 0 saturated carbocycles. The van der Waals surface area contributed by atoms with Crippen molar-refractivity contribution in [3.05, 3.63) is 48.0 Å². The Kier molecular flexibility index (Phi) is 4.75. The van der Waals surface area contributed by atoms with Gasteiger partial charge in [-0.25, -0.2) is 0 Å². The van der Waals surface area contributed by atoms with E-state index in [1.54, 1.807) is 0 Å². The van der Waals surface area contributed by atoms with Crippen LogP contribution in [0.4, 0.5) is 0 Å². The third kappa shape index (κ3) is 4.46. The molecule has 0 atom stereocenters. The standard InChI is InChI=1S/C16H22O3/c1-13(2)9-15-17-11-16(3,12-18-15)19-10-14-7-5-4-6-8-14/h4-8,15H,1,9-12H2,2-3H3. The van der Waals surface area contributed by atoms with E-state index in [4.69, 9.17) is 14.2 Å². The van der Waals surface area contributed by atoms with E-state index >= 15 is 0 Å². The van der Waals surface area contributed by atoms with Gasteiger partial charge >= 0.3 is 0 Å². The van der Waals surface area contributed by atoms with Crippen LogP contribution in [-0.4, -0.2) is 25.1 Å². The van der Waals surface area contributed by atoms with E-state index in [2.05, 4.69) is 18.7 Å². The molecular formula is C16H22O3. The predicted octanol–water partition coefficient (Wildman–Crippen LogP) is 3.30. The van der Waals surface area contributed by atoms with Crippen LogP contribution in [0.15, 0.2) is 42.5 Å². The second-order valence-corrected chi connectivity index (χ2v) is 5.44. The van der Waals surface area contributed by atoms with E-state index in [0.717, 1.165) is 17.6 Å². The van der Waals surface area contributed by atoms with Crippen molar-refractivity contribution in [3.63, 3.8) is 0 Å². The molecule has 0 unspecified atom stereocenters. The summed E-state index contributed by atoms with van der Waals surface area (Å²) in [5.74, 6) is 0. The Morgan fingerprint density at radius 1 is 1.32 bits per heavy atom. The van der Waals surface area contributed by atoms with Crippen LogP contribution in [0, 0.1) is 0 Å². The van der Waals surface area contributed by atoms with E-state index in [0.29, 0.717) is 19.8 Å². The van der Waals surface area contributed by atoms with Crippen LogP contribution in [0.25, 0.3) is 0 Å². The van der Waals surface area contributed by atoms with E-state index in [-0.39, 0.29) is 11.9 Å². The molecule has 0 radical (unpaired) electrons. The summed E-state index contributed by atoms with van der Waals surface area (Å²) in [7, 11) is 0. The lowest BCUT2D eigenvalue weighted by Gasteiger charge is -2.37. The van der Waals surface area contributed by atoms with E-state index < -0.39 is 0 Å². The van der Waals surface area contributed by atoms with E-state index in [1.165, 1.54) is 0 Å². The highest BCUT2D eigenvalue weighted by Crippen LogP contribution is 2.23. The van der Waals surface area contributed by atoms with Crippen molar-refractivity contribution in [2.24, 2.45) is 0 Å². The summed E-state index contributed by atoms with van der Waals surface area (Å²) < 4.78 is 17.3. The first-order valence-electron chi connectivity index (χ1n) is 6.63. The van der Waals surface area contributed by atoms with Gasteiger partial charge in [0.1, 0.15) is 5.60 Å². The second-order valence-electron chi connectivity index (χ2n) is 5.44. The minimum absolute atomic E-state index is 0.175. The van der Waals surface area contributed by atoms with Gasteiger partial charge in [-0.1, -0.05) is 42.5 Å². The van der Waals surface area contributed by atoms with Crippen molar-refractivity contribution >= 4 is 0 Å². The fraction of sp³-hybridized carbons (Fsp3) is 0.500. The average molecular weight is 262 g/mol. The molecule has 1 saturated heterocycles. The molecule has 2 rings (SSSR count). The lowest BCUT2D eigenvalue weighted by Crippen LogP contribution is -2.47. The van der Waals surface area contributed by atoms with Gasteiger partial charge < -0.3 is 14.2 Å². The molecule has 1 aliphatic heterocycles. The van der Waals surface area contributed by atoms with E-state index in [9.17, 15) is 0 Å². The SMILES string of the molecule is C=C(C)CC1OCC(C)(OCc2ccccc2)CO1. The lowest BCUT2D eigenvalue weighted by atomic mass is 10.1. The minimum Gasteiger partial charge on any atom is -0.366 e. The molecule has 1 fully saturated rings. The predicted molar refractivity (Wildman–Crippen MR) is 74.8 cm³/mol. The molecule has 0 amide bonds. The van der Waals surface area contributed by atoms with Crippen LogP contribution < -0.4 is 0 Å². The third-order valence-electron chi connectivity index (χ3n) is 3.09. The van der Waals surface area contributed by atoms with Gasteiger partial charge in [0, 0.05) is 6.42 Å². The minimum atomic E-state index is -0.374. The van der Waals surface area contributed by atoms with Gasteiger partial charge in [-0.2, -0.15) is 0 Å². The fourth-order valence-electron chi connectivity index (χ4n) is 1.95. The summed E-state index contributed by atoms with van der Waals surface area (Å²) >= 11 is 0. The summed E-state index contributed by atoms with van der Waals surface area (Å²) in [5, 5.41) is 0. The zero-order chi connectivity index (χ0) is 13.7. The Bertz CT molecular complexity index is 405. The first kappa shape index (κ1) is 14.3. The fourth-order valence-corrected chi connectivity index (χ4v) is 1.95. The second kappa shape index (κ2) is 6.33. The van der Waals surface area contributed by atoms with Crippen molar-refractivity contribution in [1.82, 2.24) is 0 Å². The first-order chi connectivity index (χ1) is 9.07. The van der Waals surface area contributed by atoms with Crippen molar-refractivity contribution in [2.75, 3.05) is 13.2 Å².